The molecule has 0 amide bonds. The van der Waals surface area contributed by atoms with Gasteiger partial charge in [0.15, 0.2) is 0 Å². The first kappa shape index (κ1) is 16.7. The fraction of sp³-hybridized carbons (Fsp3) is 1.00. The molecule has 0 unspecified atom stereocenters. The first-order chi connectivity index (χ1) is 10.7. The minimum Gasteiger partial charge on any atom is -0.300 e. The smallest absolute Gasteiger partial charge is 0.0595 e. The topological polar surface area (TPSA) is 30.5 Å². The lowest BCUT2D eigenvalue weighted by Gasteiger charge is -2.31. The van der Waals surface area contributed by atoms with Crippen molar-refractivity contribution in [3.8, 4) is 0 Å². The van der Waals surface area contributed by atoms with Gasteiger partial charge in [-0.1, -0.05) is 25.7 Å². The average Bonchev–Trinajstić information content (AvgIpc) is 3.12. The number of likely N-dealkylation sites (N-methyl/N-ethyl adjacent to an activating group) is 2. The Morgan fingerprint density at radius 2 is 1.09 bits per heavy atom. The van der Waals surface area contributed by atoms with E-state index in [1.165, 1.54) is 77.5 Å². The highest BCUT2D eigenvalue weighted by Crippen LogP contribution is 2.34. The Morgan fingerprint density at radius 1 is 0.682 bits per heavy atom. The first-order valence-electron chi connectivity index (χ1n) is 9.59. The van der Waals surface area contributed by atoms with E-state index in [4.69, 9.17) is 0 Å². The summed E-state index contributed by atoms with van der Waals surface area (Å²) in [7, 11) is 4.52. The summed E-state index contributed by atoms with van der Waals surface area (Å²) in [4.78, 5) is 4.97. The van der Waals surface area contributed by atoms with Crippen LogP contribution in [0.25, 0.3) is 0 Å². The van der Waals surface area contributed by atoms with Crippen LogP contribution in [0.5, 0.6) is 0 Å². The fourth-order valence-corrected chi connectivity index (χ4v) is 4.68. The molecular formula is C18H36N4. The summed E-state index contributed by atoms with van der Waals surface area (Å²) in [6, 6.07) is 0. The van der Waals surface area contributed by atoms with Crippen LogP contribution in [0.4, 0.5) is 0 Å². The van der Waals surface area contributed by atoms with E-state index in [0.717, 1.165) is 11.8 Å². The molecule has 1 aliphatic carbocycles. The van der Waals surface area contributed by atoms with Crippen LogP contribution in [0.3, 0.4) is 0 Å². The Hall–Kier alpha value is -0.160. The maximum Gasteiger partial charge on any atom is 0.0595 e. The predicted octanol–water partition coefficient (Wildman–Crippen LogP) is 2.08. The van der Waals surface area contributed by atoms with Crippen LogP contribution in [0.1, 0.15) is 51.4 Å². The molecule has 2 heterocycles. The monoisotopic (exact) mass is 308 g/mol. The van der Waals surface area contributed by atoms with Gasteiger partial charge in [0.2, 0.25) is 0 Å². The van der Waals surface area contributed by atoms with Crippen LogP contribution in [0, 0.1) is 11.8 Å². The quantitative estimate of drug-likeness (QED) is 0.786. The molecule has 0 spiro atoms. The summed E-state index contributed by atoms with van der Waals surface area (Å²) in [5.41, 5.74) is 0. The zero-order valence-electron chi connectivity index (χ0n) is 14.7. The zero-order chi connectivity index (χ0) is 15.4. The maximum absolute atomic E-state index is 3.62. The van der Waals surface area contributed by atoms with Crippen molar-refractivity contribution in [2.24, 2.45) is 11.8 Å². The van der Waals surface area contributed by atoms with Crippen molar-refractivity contribution in [2.75, 3.05) is 40.3 Å². The van der Waals surface area contributed by atoms with Crippen LogP contribution in [0.2, 0.25) is 0 Å². The summed E-state index contributed by atoms with van der Waals surface area (Å²) >= 11 is 0. The van der Waals surface area contributed by atoms with Gasteiger partial charge in [0.25, 0.3) is 0 Å². The second-order valence-corrected chi connectivity index (χ2v) is 7.94. The fourth-order valence-electron chi connectivity index (χ4n) is 4.68. The third kappa shape index (κ3) is 4.44. The first-order valence-corrected chi connectivity index (χ1v) is 9.59. The molecule has 0 radical (unpaired) electrons. The van der Waals surface area contributed by atoms with Gasteiger partial charge in [0.1, 0.15) is 0 Å². The van der Waals surface area contributed by atoms with Crippen LogP contribution < -0.4 is 10.6 Å². The third-order valence-corrected chi connectivity index (χ3v) is 6.42. The Labute approximate surface area is 137 Å². The van der Waals surface area contributed by atoms with Crippen LogP contribution in [0.15, 0.2) is 0 Å². The van der Waals surface area contributed by atoms with Crippen molar-refractivity contribution in [1.29, 1.82) is 0 Å². The minimum atomic E-state index is 0.654. The standard InChI is InChI=1S/C18H36N4/c1-21-13-11-19-17(21)9-7-15-3-5-16(6-4-15)8-10-18-20-12-14-22(18)2/h15-20H,3-14H2,1-2H3/t15?,16?,17-,18+. The molecule has 2 atom stereocenters. The molecule has 2 N–H and O–H groups in total. The molecule has 0 aromatic rings. The van der Waals surface area contributed by atoms with Gasteiger partial charge < -0.3 is 10.6 Å². The van der Waals surface area contributed by atoms with Crippen LogP contribution in [-0.2, 0) is 0 Å². The van der Waals surface area contributed by atoms with E-state index in [2.05, 4.69) is 34.5 Å². The van der Waals surface area contributed by atoms with Crippen molar-refractivity contribution in [1.82, 2.24) is 20.4 Å². The van der Waals surface area contributed by atoms with Gasteiger partial charge in [-0.3, -0.25) is 9.80 Å². The van der Waals surface area contributed by atoms with Gasteiger partial charge in [-0.2, -0.15) is 0 Å². The van der Waals surface area contributed by atoms with Gasteiger partial charge in [0, 0.05) is 26.2 Å². The summed E-state index contributed by atoms with van der Waals surface area (Å²) in [5.74, 6) is 2.00. The molecule has 0 aromatic heterocycles. The number of hydrogen-bond donors (Lipinski definition) is 2. The second-order valence-electron chi connectivity index (χ2n) is 7.94. The van der Waals surface area contributed by atoms with Crippen molar-refractivity contribution in [3.63, 3.8) is 0 Å². The number of rotatable bonds is 6. The van der Waals surface area contributed by atoms with Gasteiger partial charge in [0.05, 0.1) is 12.3 Å². The van der Waals surface area contributed by atoms with Crippen molar-refractivity contribution < 1.29 is 0 Å². The van der Waals surface area contributed by atoms with Gasteiger partial charge in [-0.15, -0.1) is 0 Å². The molecule has 3 aliphatic rings. The average molecular weight is 309 g/mol. The highest BCUT2D eigenvalue weighted by Gasteiger charge is 2.26. The largest absolute Gasteiger partial charge is 0.300 e. The summed E-state index contributed by atoms with van der Waals surface area (Å²) in [5, 5.41) is 7.25. The van der Waals surface area contributed by atoms with E-state index in [-0.39, 0.29) is 0 Å². The van der Waals surface area contributed by atoms with Crippen molar-refractivity contribution in [2.45, 2.75) is 63.7 Å². The normalized spacial score (nSPS) is 37.9. The van der Waals surface area contributed by atoms with E-state index in [1.54, 1.807) is 0 Å². The second kappa shape index (κ2) is 8.09. The Bertz CT molecular complexity index is 295. The lowest BCUT2D eigenvalue weighted by atomic mass is 9.78. The number of nitrogens with one attached hydrogen (secondary N) is 2. The van der Waals surface area contributed by atoms with Gasteiger partial charge in [-0.05, 0) is 51.6 Å². The molecule has 3 rings (SSSR count). The Kier molecular flexibility index (Phi) is 6.14. The molecule has 2 saturated heterocycles. The summed E-state index contributed by atoms with van der Waals surface area (Å²) < 4.78 is 0. The molecular weight excluding hydrogens is 272 g/mol. The van der Waals surface area contributed by atoms with E-state index in [0.29, 0.717) is 12.3 Å². The molecule has 4 nitrogen and oxygen atoms in total. The van der Waals surface area contributed by atoms with E-state index in [1.807, 2.05) is 0 Å². The predicted molar refractivity (Wildman–Crippen MR) is 92.8 cm³/mol. The van der Waals surface area contributed by atoms with Gasteiger partial charge >= 0.3 is 0 Å². The SMILES string of the molecule is CN1CCN[C@H]1CCC1CCC(CC[C@H]2NCCN2C)CC1. The van der Waals surface area contributed by atoms with Crippen LogP contribution >= 0.6 is 0 Å². The lowest BCUT2D eigenvalue weighted by molar-refractivity contribution is 0.200. The van der Waals surface area contributed by atoms with Crippen LogP contribution in [-0.4, -0.2) is 62.4 Å². The Morgan fingerprint density at radius 3 is 1.41 bits per heavy atom. The van der Waals surface area contributed by atoms with E-state index < -0.39 is 0 Å². The molecule has 2 aliphatic heterocycles. The molecule has 22 heavy (non-hydrogen) atoms. The van der Waals surface area contributed by atoms with Crippen molar-refractivity contribution in [3.05, 3.63) is 0 Å². The lowest BCUT2D eigenvalue weighted by Crippen LogP contribution is -2.34. The maximum atomic E-state index is 3.62. The van der Waals surface area contributed by atoms with E-state index >= 15 is 0 Å². The zero-order valence-corrected chi connectivity index (χ0v) is 14.7. The number of nitrogens with zero attached hydrogens (tertiary/aromatic N) is 2. The molecule has 1 saturated carbocycles. The summed E-state index contributed by atoms with van der Waals surface area (Å²) in [6.07, 6.45) is 12.8. The summed E-state index contributed by atoms with van der Waals surface area (Å²) in [6.45, 7) is 4.80. The Balaban J connectivity index is 1.29. The van der Waals surface area contributed by atoms with Gasteiger partial charge in [-0.25, -0.2) is 0 Å². The molecule has 3 fully saturated rings. The molecule has 128 valence electrons. The third-order valence-electron chi connectivity index (χ3n) is 6.42. The number of hydrogen-bond acceptors (Lipinski definition) is 4. The van der Waals surface area contributed by atoms with E-state index in [9.17, 15) is 0 Å². The van der Waals surface area contributed by atoms with Crippen molar-refractivity contribution >= 4 is 0 Å². The molecule has 0 aromatic carbocycles. The minimum absolute atomic E-state index is 0.654. The highest BCUT2D eigenvalue weighted by atomic mass is 15.3. The molecule has 0 bridgehead atoms. The highest BCUT2D eigenvalue weighted by molar-refractivity contribution is 4.80. The molecule has 4 heteroatoms.